The number of ether oxygens (including phenoxy) is 1. The topological polar surface area (TPSA) is 126 Å². The number of aromatic carboxylic acids is 1. The fourth-order valence-corrected chi connectivity index (χ4v) is 4.00. The minimum Gasteiger partial charge on any atom is -0.479 e. The van der Waals surface area contributed by atoms with Gasteiger partial charge in [0.15, 0.2) is 17.2 Å². The van der Waals surface area contributed by atoms with Crippen LogP contribution in [0.15, 0.2) is 48.7 Å². The average molecular weight is 447 g/mol. The number of hydrogen-bond acceptors (Lipinski definition) is 6. The highest BCUT2D eigenvalue weighted by Crippen LogP contribution is 2.45. The van der Waals surface area contributed by atoms with Crippen molar-refractivity contribution in [3.05, 3.63) is 64.3 Å². The Morgan fingerprint density at radius 3 is 2.60 bits per heavy atom. The average Bonchev–Trinajstić information content (AvgIpc) is 3.04. The molecule has 30 heavy (non-hydrogen) atoms. The fourth-order valence-electron chi connectivity index (χ4n) is 2.60. The molecule has 2 heterocycles. The normalized spacial score (nSPS) is 10.4. The quantitative estimate of drug-likeness (QED) is 0.480. The van der Waals surface area contributed by atoms with E-state index in [2.05, 4.69) is 10.3 Å². The van der Waals surface area contributed by atoms with Gasteiger partial charge in [-0.15, -0.1) is 11.3 Å². The Kier molecular flexibility index (Phi) is 6.65. The molecular formula is C20H15ClN2O6S. The van der Waals surface area contributed by atoms with Gasteiger partial charge in [0.25, 0.3) is 0 Å². The van der Waals surface area contributed by atoms with Gasteiger partial charge in [0.1, 0.15) is 5.02 Å². The third-order valence-corrected chi connectivity index (χ3v) is 5.50. The number of carboxylic acid groups (broad SMARTS) is 2. The number of nitrogens with one attached hydrogen (secondary N) is 1. The molecular weight excluding hydrogens is 432 g/mol. The van der Waals surface area contributed by atoms with Crippen LogP contribution in [0.5, 0.6) is 5.75 Å². The van der Waals surface area contributed by atoms with E-state index < -0.39 is 18.5 Å². The lowest BCUT2D eigenvalue weighted by atomic mass is 10.1. The van der Waals surface area contributed by atoms with E-state index in [1.807, 2.05) is 0 Å². The third kappa shape index (κ3) is 5.13. The number of rotatable bonds is 8. The number of benzene rings is 1. The van der Waals surface area contributed by atoms with E-state index in [0.29, 0.717) is 21.8 Å². The molecule has 0 saturated heterocycles. The van der Waals surface area contributed by atoms with Crippen molar-refractivity contribution in [2.75, 3.05) is 11.9 Å². The van der Waals surface area contributed by atoms with E-state index in [1.54, 1.807) is 48.7 Å². The molecule has 8 nitrogen and oxygen atoms in total. The highest BCUT2D eigenvalue weighted by atomic mass is 35.5. The highest BCUT2D eigenvalue weighted by Gasteiger charge is 2.24. The number of pyridine rings is 1. The van der Waals surface area contributed by atoms with Gasteiger partial charge in [-0.25, -0.2) is 9.59 Å². The maximum Gasteiger partial charge on any atom is 0.349 e. The first kappa shape index (κ1) is 21.3. The van der Waals surface area contributed by atoms with Gasteiger partial charge in [0.05, 0.1) is 11.3 Å². The first-order chi connectivity index (χ1) is 14.3. The molecule has 0 spiro atoms. The maximum atomic E-state index is 12.3. The van der Waals surface area contributed by atoms with Crippen molar-refractivity contribution < 1.29 is 29.3 Å². The highest BCUT2D eigenvalue weighted by molar-refractivity contribution is 7.18. The van der Waals surface area contributed by atoms with Gasteiger partial charge in [-0.2, -0.15) is 0 Å². The minimum atomic E-state index is -1.28. The molecule has 2 aromatic heterocycles. The summed E-state index contributed by atoms with van der Waals surface area (Å²) in [5, 5.41) is 20.9. The van der Waals surface area contributed by atoms with Gasteiger partial charge in [-0.3, -0.25) is 9.78 Å². The number of nitrogens with zero attached hydrogens (tertiary/aromatic N) is 1. The van der Waals surface area contributed by atoms with Gasteiger partial charge in [0, 0.05) is 17.6 Å². The second kappa shape index (κ2) is 9.38. The van der Waals surface area contributed by atoms with Crippen LogP contribution in [-0.4, -0.2) is 39.6 Å². The van der Waals surface area contributed by atoms with E-state index in [4.69, 9.17) is 21.4 Å². The van der Waals surface area contributed by atoms with E-state index in [-0.39, 0.29) is 28.0 Å². The lowest BCUT2D eigenvalue weighted by Gasteiger charge is -2.07. The summed E-state index contributed by atoms with van der Waals surface area (Å²) in [4.78, 5) is 38.8. The van der Waals surface area contributed by atoms with Crippen LogP contribution in [0.1, 0.15) is 15.4 Å². The minimum absolute atomic E-state index is 0.00406. The van der Waals surface area contributed by atoms with Crippen molar-refractivity contribution in [1.82, 2.24) is 4.98 Å². The number of thiophene rings is 1. The molecule has 3 N–H and O–H groups in total. The fraction of sp³-hybridized carbons (Fsp3) is 0.100. The predicted octanol–water partition coefficient (Wildman–Crippen LogP) is 3.81. The molecule has 3 aromatic rings. The molecule has 0 aliphatic heterocycles. The molecule has 0 fully saturated rings. The molecule has 154 valence electrons. The Morgan fingerprint density at radius 1 is 1.13 bits per heavy atom. The number of aliphatic carboxylic acids is 1. The lowest BCUT2D eigenvalue weighted by molar-refractivity contribution is -0.139. The van der Waals surface area contributed by atoms with Crippen LogP contribution in [0.4, 0.5) is 5.69 Å². The Balaban J connectivity index is 1.84. The van der Waals surface area contributed by atoms with Gasteiger partial charge >= 0.3 is 11.9 Å². The van der Waals surface area contributed by atoms with E-state index >= 15 is 0 Å². The number of carbonyl (C=O) groups excluding carboxylic acids is 1. The summed E-state index contributed by atoms with van der Waals surface area (Å²) in [5.74, 6) is -3.00. The van der Waals surface area contributed by atoms with Crippen LogP contribution in [0.3, 0.4) is 0 Å². The Bertz CT molecular complexity index is 1100. The van der Waals surface area contributed by atoms with Gasteiger partial charge in [0.2, 0.25) is 5.91 Å². The van der Waals surface area contributed by atoms with Crippen molar-refractivity contribution in [3.63, 3.8) is 0 Å². The molecule has 0 bridgehead atoms. The van der Waals surface area contributed by atoms with Crippen molar-refractivity contribution >= 4 is 46.5 Å². The number of aromatic nitrogens is 1. The molecule has 0 atom stereocenters. The van der Waals surface area contributed by atoms with Gasteiger partial charge < -0.3 is 20.3 Å². The largest absolute Gasteiger partial charge is 0.479 e. The first-order valence-corrected chi connectivity index (χ1v) is 9.75. The molecule has 3 rings (SSSR count). The van der Waals surface area contributed by atoms with Crippen molar-refractivity contribution in [2.24, 2.45) is 0 Å². The van der Waals surface area contributed by atoms with Gasteiger partial charge in [-0.05, 0) is 29.8 Å². The molecule has 1 aromatic carbocycles. The molecule has 10 heteroatoms. The molecule has 0 saturated carbocycles. The second-order valence-electron chi connectivity index (χ2n) is 6.02. The number of amides is 1. The molecule has 0 aliphatic rings. The van der Waals surface area contributed by atoms with Crippen molar-refractivity contribution in [1.29, 1.82) is 0 Å². The standard InChI is InChI=1S/C20H15ClN2O6S/c21-16-17(29-10-15(25)26)19(20(27)28)30-18(16)11-4-3-6-13(8-11)23-14(24)9-12-5-1-2-7-22-12/h1-8H,9-10H2,(H,23,24)(H,25,26)(H,27,28). The molecule has 0 radical (unpaired) electrons. The molecule has 1 amide bonds. The summed E-state index contributed by atoms with van der Waals surface area (Å²) < 4.78 is 5.08. The number of carboxylic acids is 2. The summed E-state index contributed by atoms with van der Waals surface area (Å²) in [5.41, 5.74) is 1.66. The summed E-state index contributed by atoms with van der Waals surface area (Å²) >= 11 is 7.15. The van der Waals surface area contributed by atoms with E-state index in [9.17, 15) is 19.5 Å². The third-order valence-electron chi connectivity index (χ3n) is 3.82. The monoisotopic (exact) mass is 446 g/mol. The number of halogens is 1. The zero-order valence-electron chi connectivity index (χ0n) is 15.3. The van der Waals surface area contributed by atoms with E-state index in [0.717, 1.165) is 11.3 Å². The van der Waals surface area contributed by atoms with Crippen LogP contribution in [0.2, 0.25) is 5.02 Å². The summed E-state index contributed by atoms with van der Waals surface area (Å²) in [6.07, 6.45) is 1.70. The Hall–Kier alpha value is -3.43. The predicted molar refractivity (Wildman–Crippen MR) is 111 cm³/mol. The van der Waals surface area contributed by atoms with Crippen LogP contribution in [0.25, 0.3) is 10.4 Å². The number of hydrogen-bond donors (Lipinski definition) is 3. The Morgan fingerprint density at radius 2 is 1.93 bits per heavy atom. The zero-order chi connectivity index (χ0) is 21.7. The zero-order valence-corrected chi connectivity index (χ0v) is 16.9. The number of carbonyl (C=O) groups is 3. The van der Waals surface area contributed by atoms with Crippen molar-refractivity contribution in [2.45, 2.75) is 6.42 Å². The SMILES string of the molecule is O=C(O)COc1c(C(=O)O)sc(-c2cccc(NC(=O)Cc3ccccn3)c2)c1Cl. The first-order valence-electron chi connectivity index (χ1n) is 8.55. The smallest absolute Gasteiger partial charge is 0.349 e. The number of anilines is 1. The van der Waals surface area contributed by atoms with Crippen LogP contribution >= 0.6 is 22.9 Å². The van der Waals surface area contributed by atoms with Crippen molar-refractivity contribution in [3.8, 4) is 16.2 Å². The van der Waals surface area contributed by atoms with Crippen LogP contribution < -0.4 is 10.1 Å². The lowest BCUT2D eigenvalue weighted by Crippen LogP contribution is -2.15. The van der Waals surface area contributed by atoms with Gasteiger partial charge in [-0.1, -0.05) is 29.8 Å². The second-order valence-corrected chi connectivity index (χ2v) is 7.42. The summed E-state index contributed by atoms with van der Waals surface area (Å²) in [7, 11) is 0. The van der Waals surface area contributed by atoms with Crippen LogP contribution in [-0.2, 0) is 16.0 Å². The van der Waals surface area contributed by atoms with Crippen LogP contribution in [0, 0.1) is 0 Å². The molecule has 0 unspecified atom stereocenters. The summed E-state index contributed by atoms with van der Waals surface area (Å²) in [6.45, 7) is -0.722. The molecule has 0 aliphatic carbocycles. The maximum absolute atomic E-state index is 12.3. The Labute approximate surface area is 179 Å². The summed E-state index contributed by atoms with van der Waals surface area (Å²) in [6, 6.07) is 12.0. The van der Waals surface area contributed by atoms with E-state index in [1.165, 1.54) is 0 Å².